The van der Waals surface area contributed by atoms with Gasteiger partial charge in [-0.25, -0.2) is 0 Å². The predicted octanol–water partition coefficient (Wildman–Crippen LogP) is 3.28. The quantitative estimate of drug-likeness (QED) is 0.749. The van der Waals surface area contributed by atoms with Crippen molar-refractivity contribution in [3.63, 3.8) is 0 Å². The second-order valence-electron chi connectivity index (χ2n) is 5.09. The molecule has 3 rings (SSSR count). The Hall–Kier alpha value is -2.86. The summed E-state index contributed by atoms with van der Waals surface area (Å²) in [5, 5.41) is 9.68. The van der Waals surface area contributed by atoms with Gasteiger partial charge >= 0.3 is 0 Å². The summed E-state index contributed by atoms with van der Waals surface area (Å²) >= 11 is 1.30. The van der Waals surface area contributed by atoms with Gasteiger partial charge in [0.15, 0.2) is 6.61 Å². The minimum Gasteiger partial charge on any atom is -0.484 e. The second kappa shape index (κ2) is 7.14. The van der Waals surface area contributed by atoms with Crippen molar-refractivity contribution in [2.24, 2.45) is 0 Å². The first-order valence-corrected chi connectivity index (χ1v) is 8.26. The van der Waals surface area contributed by atoms with Gasteiger partial charge in [0.05, 0.1) is 5.56 Å². The van der Waals surface area contributed by atoms with Crippen LogP contribution in [0.4, 0.5) is 5.00 Å². The summed E-state index contributed by atoms with van der Waals surface area (Å²) in [6, 6.07) is 15.3. The van der Waals surface area contributed by atoms with E-state index in [0.717, 1.165) is 10.8 Å². The van der Waals surface area contributed by atoms with Crippen LogP contribution in [0.1, 0.15) is 10.4 Å². The Kier molecular flexibility index (Phi) is 4.77. The van der Waals surface area contributed by atoms with Crippen molar-refractivity contribution in [1.29, 1.82) is 0 Å². The first-order valence-electron chi connectivity index (χ1n) is 7.38. The molecule has 6 heteroatoms. The van der Waals surface area contributed by atoms with Crippen LogP contribution in [0.2, 0.25) is 0 Å². The molecule has 0 bridgehead atoms. The van der Waals surface area contributed by atoms with Crippen LogP contribution in [0.5, 0.6) is 5.75 Å². The molecule has 0 aliphatic rings. The molecule has 0 aliphatic heterocycles. The number of thiophene rings is 1. The van der Waals surface area contributed by atoms with Gasteiger partial charge in [-0.1, -0.05) is 30.3 Å². The number of amides is 2. The van der Waals surface area contributed by atoms with Crippen LogP contribution < -0.4 is 15.4 Å². The molecule has 0 atom stereocenters. The first kappa shape index (κ1) is 16.0. The van der Waals surface area contributed by atoms with Crippen molar-refractivity contribution in [2.75, 3.05) is 19.0 Å². The number of carbonyl (C=O) groups excluding carboxylic acids is 2. The Bertz CT molecular complexity index is 889. The van der Waals surface area contributed by atoms with Crippen molar-refractivity contribution < 1.29 is 14.3 Å². The van der Waals surface area contributed by atoms with Crippen LogP contribution in [0, 0.1) is 0 Å². The van der Waals surface area contributed by atoms with E-state index in [0.29, 0.717) is 16.3 Å². The van der Waals surface area contributed by atoms with Crippen LogP contribution in [0.3, 0.4) is 0 Å². The molecule has 1 aromatic heterocycles. The number of carbonyl (C=O) groups is 2. The van der Waals surface area contributed by atoms with Crippen LogP contribution >= 0.6 is 11.3 Å². The third-order valence-corrected chi connectivity index (χ3v) is 4.31. The summed E-state index contributed by atoms with van der Waals surface area (Å²) < 4.78 is 5.54. The van der Waals surface area contributed by atoms with Crippen molar-refractivity contribution in [1.82, 2.24) is 5.32 Å². The van der Waals surface area contributed by atoms with Gasteiger partial charge in [0.1, 0.15) is 10.8 Å². The van der Waals surface area contributed by atoms with E-state index in [1.54, 1.807) is 18.5 Å². The highest BCUT2D eigenvalue weighted by molar-refractivity contribution is 7.14. The average Bonchev–Trinajstić information content (AvgIpc) is 3.07. The van der Waals surface area contributed by atoms with E-state index in [9.17, 15) is 9.59 Å². The van der Waals surface area contributed by atoms with Gasteiger partial charge in [-0.2, -0.15) is 0 Å². The number of benzene rings is 2. The van der Waals surface area contributed by atoms with Crippen LogP contribution in [-0.2, 0) is 4.79 Å². The number of anilines is 1. The first-order chi connectivity index (χ1) is 11.7. The highest BCUT2D eigenvalue weighted by Gasteiger charge is 2.14. The molecule has 0 saturated heterocycles. The Balaban J connectivity index is 1.63. The molecule has 0 radical (unpaired) electrons. The SMILES string of the molecule is CNC(=O)c1ccsc1NC(=O)COc1ccc2ccccc2c1. The molecule has 0 fully saturated rings. The van der Waals surface area contributed by atoms with Crippen molar-refractivity contribution in [3.05, 3.63) is 59.5 Å². The fourth-order valence-corrected chi connectivity index (χ4v) is 3.09. The lowest BCUT2D eigenvalue weighted by atomic mass is 10.1. The molecular weight excluding hydrogens is 324 g/mol. The average molecular weight is 340 g/mol. The largest absolute Gasteiger partial charge is 0.484 e. The van der Waals surface area contributed by atoms with Crippen LogP contribution in [0.25, 0.3) is 10.8 Å². The zero-order valence-electron chi connectivity index (χ0n) is 13.0. The minimum absolute atomic E-state index is 0.122. The van der Waals surface area contributed by atoms with Gasteiger partial charge in [0.25, 0.3) is 11.8 Å². The monoisotopic (exact) mass is 340 g/mol. The van der Waals surface area contributed by atoms with E-state index >= 15 is 0 Å². The number of hydrogen-bond acceptors (Lipinski definition) is 4. The summed E-state index contributed by atoms with van der Waals surface area (Å²) in [7, 11) is 1.55. The summed E-state index contributed by atoms with van der Waals surface area (Å²) in [6.45, 7) is -0.122. The molecule has 1 heterocycles. The molecule has 2 N–H and O–H groups in total. The summed E-state index contributed by atoms with van der Waals surface area (Å²) in [5.41, 5.74) is 0.446. The Labute approximate surface area is 143 Å². The molecule has 0 saturated carbocycles. The normalized spacial score (nSPS) is 10.4. The third kappa shape index (κ3) is 3.55. The maximum Gasteiger partial charge on any atom is 0.262 e. The highest BCUT2D eigenvalue weighted by Crippen LogP contribution is 2.23. The smallest absolute Gasteiger partial charge is 0.262 e. The van der Waals surface area contributed by atoms with Crippen molar-refractivity contribution >= 4 is 38.9 Å². The van der Waals surface area contributed by atoms with Gasteiger partial charge in [-0.15, -0.1) is 11.3 Å². The van der Waals surface area contributed by atoms with Gasteiger partial charge in [-0.05, 0) is 34.4 Å². The Morgan fingerprint density at radius 3 is 2.67 bits per heavy atom. The molecule has 122 valence electrons. The lowest BCUT2D eigenvalue weighted by molar-refractivity contribution is -0.118. The molecule has 0 spiro atoms. The number of nitrogens with one attached hydrogen (secondary N) is 2. The number of ether oxygens (including phenoxy) is 1. The fraction of sp³-hybridized carbons (Fsp3) is 0.111. The van der Waals surface area contributed by atoms with Crippen molar-refractivity contribution in [3.8, 4) is 5.75 Å². The summed E-state index contributed by atoms with van der Waals surface area (Å²) in [4.78, 5) is 23.7. The zero-order chi connectivity index (χ0) is 16.9. The van der Waals surface area contributed by atoms with Crippen LogP contribution in [-0.4, -0.2) is 25.5 Å². The van der Waals surface area contributed by atoms with E-state index in [1.807, 2.05) is 42.5 Å². The molecule has 2 amide bonds. The number of hydrogen-bond donors (Lipinski definition) is 2. The maximum atomic E-state index is 12.0. The van der Waals surface area contributed by atoms with Gasteiger partial charge in [-0.3, -0.25) is 9.59 Å². The highest BCUT2D eigenvalue weighted by atomic mass is 32.1. The van der Waals surface area contributed by atoms with Crippen LogP contribution in [0.15, 0.2) is 53.9 Å². The molecule has 2 aromatic carbocycles. The fourth-order valence-electron chi connectivity index (χ4n) is 2.29. The number of rotatable bonds is 5. The maximum absolute atomic E-state index is 12.0. The summed E-state index contributed by atoms with van der Waals surface area (Å²) in [6.07, 6.45) is 0. The van der Waals surface area contributed by atoms with E-state index in [-0.39, 0.29) is 18.4 Å². The Morgan fingerprint density at radius 1 is 1.08 bits per heavy atom. The van der Waals surface area contributed by atoms with E-state index in [1.165, 1.54) is 11.3 Å². The van der Waals surface area contributed by atoms with Gasteiger partial charge in [0.2, 0.25) is 0 Å². The Morgan fingerprint density at radius 2 is 1.88 bits per heavy atom. The molecule has 0 aliphatic carbocycles. The molecular formula is C18H16N2O3S. The zero-order valence-corrected chi connectivity index (χ0v) is 13.9. The lowest BCUT2D eigenvalue weighted by Gasteiger charge is -2.08. The molecule has 0 unspecified atom stereocenters. The van der Waals surface area contributed by atoms with Gasteiger partial charge < -0.3 is 15.4 Å². The standard InChI is InChI=1S/C18H16N2O3S/c1-19-17(22)15-8-9-24-18(15)20-16(21)11-23-14-7-6-12-4-2-3-5-13(12)10-14/h2-10H,11H2,1H3,(H,19,22)(H,20,21). The molecule has 3 aromatic rings. The van der Waals surface area contributed by atoms with E-state index in [2.05, 4.69) is 10.6 Å². The lowest BCUT2D eigenvalue weighted by Crippen LogP contribution is -2.23. The number of fused-ring (bicyclic) bond motifs is 1. The topological polar surface area (TPSA) is 67.4 Å². The van der Waals surface area contributed by atoms with Crippen molar-refractivity contribution in [2.45, 2.75) is 0 Å². The molecule has 5 nitrogen and oxygen atoms in total. The minimum atomic E-state index is -0.309. The predicted molar refractivity (Wildman–Crippen MR) is 95.8 cm³/mol. The van der Waals surface area contributed by atoms with E-state index in [4.69, 9.17) is 4.74 Å². The second-order valence-corrected chi connectivity index (χ2v) is 6.00. The molecule has 24 heavy (non-hydrogen) atoms. The third-order valence-electron chi connectivity index (χ3n) is 3.48. The summed E-state index contributed by atoms with van der Waals surface area (Å²) in [5.74, 6) is 0.0827. The van der Waals surface area contributed by atoms with Gasteiger partial charge in [0, 0.05) is 7.05 Å². The van der Waals surface area contributed by atoms with E-state index < -0.39 is 0 Å².